The van der Waals surface area contributed by atoms with E-state index in [1.165, 1.54) is 17.5 Å². The Kier molecular flexibility index (Phi) is 7.83. The van der Waals surface area contributed by atoms with E-state index in [1.54, 1.807) is 4.90 Å². The van der Waals surface area contributed by atoms with Crippen LogP contribution in [0.5, 0.6) is 0 Å². The second-order valence-electron chi connectivity index (χ2n) is 7.55. The third-order valence-corrected chi connectivity index (χ3v) is 5.50. The number of halogens is 3. The number of likely N-dealkylation sites (N-methyl/N-ethyl adjacent to an activating group) is 1. The molecule has 0 aliphatic heterocycles. The van der Waals surface area contributed by atoms with Gasteiger partial charge in [0.15, 0.2) is 5.13 Å². The fraction of sp³-hybridized carbons (Fsp3) is 0.261. The van der Waals surface area contributed by atoms with Crippen LogP contribution in [0.15, 0.2) is 60.0 Å². The van der Waals surface area contributed by atoms with Gasteiger partial charge in [0, 0.05) is 25.0 Å². The van der Waals surface area contributed by atoms with Crippen molar-refractivity contribution in [1.82, 2.24) is 14.8 Å². The lowest BCUT2D eigenvalue weighted by molar-refractivity contribution is -0.137. The van der Waals surface area contributed by atoms with Crippen LogP contribution in [0.4, 0.5) is 18.3 Å². The zero-order valence-corrected chi connectivity index (χ0v) is 18.9. The monoisotopic (exact) mass is 476 g/mol. The zero-order chi connectivity index (χ0) is 24.0. The molecule has 10 heteroatoms. The molecule has 6 nitrogen and oxygen atoms in total. The first-order valence-electron chi connectivity index (χ1n) is 10.1. The first-order chi connectivity index (χ1) is 15.6. The Bertz CT molecular complexity index is 1100. The van der Waals surface area contributed by atoms with Gasteiger partial charge in [0.25, 0.3) is 11.8 Å². The molecule has 1 N–H and O–H groups in total. The van der Waals surface area contributed by atoms with Crippen LogP contribution in [-0.4, -0.2) is 53.8 Å². The van der Waals surface area contributed by atoms with Crippen molar-refractivity contribution in [3.63, 3.8) is 0 Å². The topological polar surface area (TPSA) is 65.5 Å². The number of amides is 2. The summed E-state index contributed by atoms with van der Waals surface area (Å²) in [6, 6.07) is 14.0. The smallest absolute Gasteiger partial charge is 0.332 e. The first-order valence-corrected chi connectivity index (χ1v) is 10.9. The number of rotatable bonds is 8. The van der Waals surface area contributed by atoms with Gasteiger partial charge in [-0.15, -0.1) is 11.3 Å². The van der Waals surface area contributed by atoms with E-state index in [-0.39, 0.29) is 16.7 Å². The van der Waals surface area contributed by atoms with Gasteiger partial charge in [-0.2, -0.15) is 13.2 Å². The average Bonchev–Trinajstić information content (AvgIpc) is 3.24. The molecule has 1 aromatic heterocycles. The lowest BCUT2D eigenvalue weighted by atomic mass is 10.1. The minimum Gasteiger partial charge on any atom is -0.332 e. The molecule has 0 aliphatic carbocycles. The Morgan fingerprint density at radius 1 is 1.00 bits per heavy atom. The molecule has 1 heterocycles. The number of carbonyl (C=O) groups is 2. The highest BCUT2D eigenvalue weighted by molar-refractivity contribution is 7.14. The van der Waals surface area contributed by atoms with E-state index in [1.807, 2.05) is 49.3 Å². The van der Waals surface area contributed by atoms with E-state index in [9.17, 15) is 22.8 Å². The minimum atomic E-state index is -4.66. The maximum Gasteiger partial charge on any atom is 0.417 e. The molecular weight excluding hydrogens is 453 g/mol. The van der Waals surface area contributed by atoms with Gasteiger partial charge < -0.3 is 9.80 Å². The molecule has 2 amide bonds. The Labute approximate surface area is 193 Å². The van der Waals surface area contributed by atoms with Crippen LogP contribution in [0.1, 0.15) is 32.0 Å². The number of benzene rings is 2. The van der Waals surface area contributed by atoms with E-state index in [4.69, 9.17) is 0 Å². The predicted molar refractivity (Wildman–Crippen MR) is 121 cm³/mol. The summed E-state index contributed by atoms with van der Waals surface area (Å²) in [5.74, 6) is -1.27. The number of nitrogens with one attached hydrogen (secondary N) is 1. The zero-order valence-electron chi connectivity index (χ0n) is 18.1. The van der Waals surface area contributed by atoms with Gasteiger partial charge in [0.05, 0.1) is 11.1 Å². The van der Waals surface area contributed by atoms with Crippen molar-refractivity contribution in [2.75, 3.05) is 32.5 Å². The Morgan fingerprint density at radius 2 is 1.67 bits per heavy atom. The molecular formula is C23H23F3N4O2S. The number of aromatic nitrogens is 1. The Hall–Kier alpha value is -3.24. The molecule has 3 aromatic rings. The van der Waals surface area contributed by atoms with Crippen LogP contribution < -0.4 is 5.32 Å². The van der Waals surface area contributed by atoms with Gasteiger partial charge >= 0.3 is 6.18 Å². The average molecular weight is 477 g/mol. The summed E-state index contributed by atoms with van der Waals surface area (Å²) in [6.07, 6.45) is -4.66. The molecule has 0 fully saturated rings. The van der Waals surface area contributed by atoms with Crippen LogP contribution in [0.3, 0.4) is 0 Å². The van der Waals surface area contributed by atoms with Gasteiger partial charge in [-0.25, -0.2) is 4.98 Å². The highest BCUT2D eigenvalue weighted by Gasteiger charge is 2.35. The fourth-order valence-electron chi connectivity index (χ4n) is 3.06. The van der Waals surface area contributed by atoms with Crippen molar-refractivity contribution in [2.45, 2.75) is 12.7 Å². The quantitative estimate of drug-likeness (QED) is 0.515. The number of hydrogen-bond acceptors (Lipinski definition) is 5. The number of alkyl halides is 3. The molecule has 0 atom stereocenters. The van der Waals surface area contributed by atoms with Crippen molar-refractivity contribution in [2.24, 2.45) is 0 Å². The number of anilines is 1. The van der Waals surface area contributed by atoms with E-state index in [0.29, 0.717) is 19.6 Å². The molecule has 0 unspecified atom stereocenters. The van der Waals surface area contributed by atoms with Crippen molar-refractivity contribution < 1.29 is 22.8 Å². The van der Waals surface area contributed by atoms with Crippen LogP contribution in [0.25, 0.3) is 0 Å². The molecule has 3 rings (SSSR count). The Balaban J connectivity index is 1.76. The van der Waals surface area contributed by atoms with E-state index >= 15 is 0 Å². The van der Waals surface area contributed by atoms with Crippen LogP contribution in [0.2, 0.25) is 0 Å². The van der Waals surface area contributed by atoms with Gasteiger partial charge in [-0.1, -0.05) is 42.5 Å². The summed E-state index contributed by atoms with van der Waals surface area (Å²) in [4.78, 5) is 33.3. The molecule has 33 heavy (non-hydrogen) atoms. The molecule has 0 spiro atoms. The maximum atomic E-state index is 13.2. The highest BCUT2D eigenvalue weighted by Crippen LogP contribution is 2.32. The predicted octanol–water partition coefficient (Wildman–Crippen LogP) is 4.62. The maximum absolute atomic E-state index is 13.2. The van der Waals surface area contributed by atoms with Crippen molar-refractivity contribution in [1.29, 1.82) is 0 Å². The highest BCUT2D eigenvalue weighted by atomic mass is 32.1. The van der Waals surface area contributed by atoms with E-state index in [0.717, 1.165) is 29.0 Å². The fourth-order valence-corrected chi connectivity index (χ4v) is 3.74. The third-order valence-electron chi connectivity index (χ3n) is 4.74. The van der Waals surface area contributed by atoms with E-state index < -0.39 is 23.2 Å². The molecule has 174 valence electrons. The van der Waals surface area contributed by atoms with Crippen LogP contribution >= 0.6 is 11.3 Å². The van der Waals surface area contributed by atoms with Crippen LogP contribution in [0, 0.1) is 0 Å². The van der Waals surface area contributed by atoms with Gasteiger partial charge in [-0.3, -0.25) is 14.9 Å². The van der Waals surface area contributed by atoms with Crippen molar-refractivity contribution in [3.8, 4) is 0 Å². The summed E-state index contributed by atoms with van der Waals surface area (Å²) in [5, 5.41) is 3.91. The second-order valence-corrected chi connectivity index (χ2v) is 8.41. The molecule has 2 aromatic carbocycles. The van der Waals surface area contributed by atoms with Crippen LogP contribution in [-0.2, 0) is 12.7 Å². The van der Waals surface area contributed by atoms with Gasteiger partial charge in [0.2, 0.25) is 0 Å². The van der Waals surface area contributed by atoms with Crippen molar-refractivity contribution in [3.05, 3.63) is 82.4 Å². The molecule has 0 aliphatic rings. The summed E-state index contributed by atoms with van der Waals surface area (Å²) in [5.41, 5.74) is -0.468. The number of nitrogens with zero attached hydrogens (tertiary/aromatic N) is 3. The Morgan fingerprint density at radius 3 is 2.33 bits per heavy atom. The third kappa shape index (κ3) is 6.62. The van der Waals surface area contributed by atoms with E-state index in [2.05, 4.69) is 10.3 Å². The second kappa shape index (κ2) is 10.6. The van der Waals surface area contributed by atoms with Gasteiger partial charge in [-0.05, 0) is 31.8 Å². The molecule has 0 saturated carbocycles. The van der Waals surface area contributed by atoms with Crippen molar-refractivity contribution >= 4 is 28.3 Å². The summed E-state index contributed by atoms with van der Waals surface area (Å²) in [7, 11) is 3.81. The number of carbonyl (C=O) groups excluding carboxylic acids is 2. The number of thiazole rings is 1. The standard InChI is InChI=1S/C23H23F3N4O2S/c1-29(2)12-13-30(14-16-8-4-3-5-9-16)21(32)19-15-33-22(27-19)28-20(31)17-10-6-7-11-18(17)23(24,25)26/h3-11,15H,12-14H2,1-2H3,(H,27,28,31). The largest absolute Gasteiger partial charge is 0.417 e. The number of hydrogen-bond donors (Lipinski definition) is 1. The summed E-state index contributed by atoms with van der Waals surface area (Å²) >= 11 is 0.980. The molecule has 0 bridgehead atoms. The molecule has 0 saturated heterocycles. The normalized spacial score (nSPS) is 11.5. The SMILES string of the molecule is CN(C)CCN(Cc1ccccc1)C(=O)c1csc(NC(=O)c2ccccc2C(F)(F)F)n1. The summed E-state index contributed by atoms with van der Waals surface area (Å²) in [6.45, 7) is 1.48. The lowest BCUT2D eigenvalue weighted by Gasteiger charge is -2.24. The summed E-state index contributed by atoms with van der Waals surface area (Å²) < 4.78 is 39.6. The first kappa shape index (κ1) is 24.4. The lowest BCUT2D eigenvalue weighted by Crippen LogP contribution is -2.36. The minimum absolute atomic E-state index is 0.0487. The molecule has 0 radical (unpaired) electrons. The van der Waals surface area contributed by atoms with Gasteiger partial charge in [0.1, 0.15) is 5.69 Å².